The van der Waals surface area contributed by atoms with E-state index < -0.39 is 0 Å². The van der Waals surface area contributed by atoms with E-state index in [0.717, 1.165) is 15.9 Å². The van der Waals surface area contributed by atoms with Crippen molar-refractivity contribution in [2.75, 3.05) is 0 Å². The minimum absolute atomic E-state index is 0.598. The van der Waals surface area contributed by atoms with Crippen molar-refractivity contribution in [2.45, 2.75) is 6.92 Å². The standard InChI is InChI=1S/C11H8BrN3/c1-8-5-6-15(14-8)11-4-2-3-10(12)9(11)7-13/h2-6H,1H3. The molecule has 0 spiro atoms. The molecule has 1 aromatic heterocycles. The predicted molar refractivity (Wildman–Crippen MR) is 60.7 cm³/mol. The van der Waals surface area contributed by atoms with E-state index in [9.17, 15) is 0 Å². The highest BCUT2D eigenvalue weighted by Gasteiger charge is 2.07. The number of rotatable bonds is 1. The summed E-state index contributed by atoms with van der Waals surface area (Å²) in [7, 11) is 0. The molecule has 0 aliphatic heterocycles. The van der Waals surface area contributed by atoms with Gasteiger partial charge in [0.2, 0.25) is 0 Å². The van der Waals surface area contributed by atoms with Crippen molar-refractivity contribution >= 4 is 15.9 Å². The fourth-order valence-corrected chi connectivity index (χ4v) is 1.81. The van der Waals surface area contributed by atoms with Crippen molar-refractivity contribution in [1.82, 2.24) is 9.78 Å². The molecular formula is C11H8BrN3. The van der Waals surface area contributed by atoms with E-state index >= 15 is 0 Å². The van der Waals surface area contributed by atoms with E-state index in [-0.39, 0.29) is 0 Å². The van der Waals surface area contributed by atoms with Gasteiger partial charge in [-0.1, -0.05) is 6.07 Å². The molecule has 0 fully saturated rings. The molecule has 0 bridgehead atoms. The van der Waals surface area contributed by atoms with Crippen LogP contribution in [0, 0.1) is 18.3 Å². The first-order chi connectivity index (χ1) is 7.22. The van der Waals surface area contributed by atoms with Crippen LogP contribution in [-0.4, -0.2) is 9.78 Å². The van der Waals surface area contributed by atoms with Crippen molar-refractivity contribution in [3.05, 3.63) is 46.2 Å². The molecule has 2 aromatic rings. The van der Waals surface area contributed by atoms with Crippen molar-refractivity contribution in [3.63, 3.8) is 0 Å². The first kappa shape index (κ1) is 9.94. The molecule has 0 aliphatic rings. The maximum atomic E-state index is 9.05. The van der Waals surface area contributed by atoms with E-state index in [2.05, 4.69) is 27.1 Å². The molecule has 4 heteroatoms. The second-order valence-corrected chi connectivity index (χ2v) is 4.00. The minimum atomic E-state index is 0.598. The Hall–Kier alpha value is -1.60. The Labute approximate surface area is 96.1 Å². The van der Waals surface area contributed by atoms with Crippen LogP contribution in [0.15, 0.2) is 34.9 Å². The van der Waals surface area contributed by atoms with Crippen molar-refractivity contribution < 1.29 is 0 Å². The van der Waals surface area contributed by atoms with Gasteiger partial charge >= 0.3 is 0 Å². The third-order valence-corrected chi connectivity index (χ3v) is 2.73. The quantitative estimate of drug-likeness (QED) is 0.792. The number of nitrogens with zero attached hydrogens (tertiary/aromatic N) is 3. The Kier molecular flexibility index (Phi) is 2.57. The number of nitriles is 1. The summed E-state index contributed by atoms with van der Waals surface area (Å²) in [4.78, 5) is 0. The van der Waals surface area contributed by atoms with Gasteiger partial charge in [-0.25, -0.2) is 4.68 Å². The molecular weight excluding hydrogens is 254 g/mol. The van der Waals surface area contributed by atoms with Crippen LogP contribution in [0.3, 0.4) is 0 Å². The largest absolute Gasteiger partial charge is 0.239 e. The molecule has 0 amide bonds. The summed E-state index contributed by atoms with van der Waals surface area (Å²) in [5.74, 6) is 0. The van der Waals surface area contributed by atoms with Crippen molar-refractivity contribution in [2.24, 2.45) is 0 Å². The molecule has 1 heterocycles. The SMILES string of the molecule is Cc1ccn(-c2cccc(Br)c2C#N)n1. The van der Waals surface area contributed by atoms with E-state index in [1.807, 2.05) is 37.4 Å². The van der Waals surface area contributed by atoms with Crippen LogP contribution in [0.4, 0.5) is 0 Å². The minimum Gasteiger partial charge on any atom is -0.239 e. The number of benzene rings is 1. The third-order valence-electron chi connectivity index (χ3n) is 2.07. The van der Waals surface area contributed by atoms with E-state index in [1.54, 1.807) is 4.68 Å². The lowest BCUT2D eigenvalue weighted by molar-refractivity contribution is 0.859. The van der Waals surface area contributed by atoms with Gasteiger partial charge in [0.1, 0.15) is 6.07 Å². The zero-order valence-corrected chi connectivity index (χ0v) is 9.69. The molecule has 74 valence electrons. The highest BCUT2D eigenvalue weighted by atomic mass is 79.9. The van der Waals surface area contributed by atoms with E-state index in [1.165, 1.54) is 0 Å². The first-order valence-corrected chi connectivity index (χ1v) is 5.23. The molecule has 3 nitrogen and oxygen atoms in total. The van der Waals surface area contributed by atoms with E-state index in [4.69, 9.17) is 5.26 Å². The maximum Gasteiger partial charge on any atom is 0.103 e. The normalized spacial score (nSPS) is 9.93. The molecule has 0 unspecified atom stereocenters. The van der Waals surface area contributed by atoms with Crippen LogP contribution < -0.4 is 0 Å². The van der Waals surface area contributed by atoms with Crippen LogP contribution in [0.25, 0.3) is 5.69 Å². The van der Waals surface area contributed by atoms with Gasteiger partial charge in [0.25, 0.3) is 0 Å². The van der Waals surface area contributed by atoms with Gasteiger partial charge in [0.15, 0.2) is 0 Å². The number of halogens is 1. The summed E-state index contributed by atoms with van der Waals surface area (Å²) in [6, 6.07) is 9.67. The van der Waals surface area contributed by atoms with Gasteiger partial charge in [-0.3, -0.25) is 0 Å². The summed E-state index contributed by atoms with van der Waals surface area (Å²) in [5.41, 5.74) is 2.32. The zero-order chi connectivity index (χ0) is 10.8. The van der Waals surface area contributed by atoms with Crippen molar-refractivity contribution in [3.8, 4) is 11.8 Å². The molecule has 0 N–H and O–H groups in total. The summed E-state index contributed by atoms with van der Waals surface area (Å²) in [6.07, 6.45) is 1.85. The Balaban J connectivity index is 2.63. The van der Waals surface area contributed by atoms with Crippen LogP contribution in [-0.2, 0) is 0 Å². The Morgan fingerprint density at radius 3 is 2.80 bits per heavy atom. The molecule has 0 aliphatic carbocycles. The third kappa shape index (κ3) is 1.79. The average Bonchev–Trinajstić information content (AvgIpc) is 2.64. The van der Waals surface area contributed by atoms with Gasteiger partial charge in [-0.2, -0.15) is 10.4 Å². The van der Waals surface area contributed by atoms with Gasteiger partial charge in [-0.15, -0.1) is 0 Å². The fourth-order valence-electron chi connectivity index (χ4n) is 1.36. The smallest absolute Gasteiger partial charge is 0.103 e. The zero-order valence-electron chi connectivity index (χ0n) is 8.11. The molecule has 0 atom stereocenters. The highest BCUT2D eigenvalue weighted by Crippen LogP contribution is 2.22. The van der Waals surface area contributed by atoms with Crippen molar-refractivity contribution in [1.29, 1.82) is 5.26 Å². The molecule has 0 saturated heterocycles. The number of hydrogen-bond acceptors (Lipinski definition) is 2. The van der Waals surface area contributed by atoms with Gasteiger partial charge < -0.3 is 0 Å². The summed E-state index contributed by atoms with van der Waals surface area (Å²) in [6.45, 7) is 1.92. The number of aromatic nitrogens is 2. The van der Waals surface area contributed by atoms with Crippen LogP contribution in [0.2, 0.25) is 0 Å². The molecule has 0 saturated carbocycles. The van der Waals surface area contributed by atoms with Gasteiger partial charge in [0, 0.05) is 10.7 Å². The second kappa shape index (κ2) is 3.87. The lowest BCUT2D eigenvalue weighted by Gasteiger charge is -2.04. The van der Waals surface area contributed by atoms with Gasteiger partial charge in [0.05, 0.1) is 16.9 Å². The highest BCUT2D eigenvalue weighted by molar-refractivity contribution is 9.10. The van der Waals surface area contributed by atoms with Gasteiger partial charge in [-0.05, 0) is 41.1 Å². The lowest BCUT2D eigenvalue weighted by Crippen LogP contribution is -1.98. The monoisotopic (exact) mass is 261 g/mol. The van der Waals surface area contributed by atoms with E-state index in [0.29, 0.717) is 5.56 Å². The summed E-state index contributed by atoms with van der Waals surface area (Å²) < 4.78 is 2.49. The fraction of sp³-hybridized carbons (Fsp3) is 0.0909. The summed E-state index contributed by atoms with van der Waals surface area (Å²) in [5, 5.41) is 13.3. The van der Waals surface area contributed by atoms with Crippen LogP contribution >= 0.6 is 15.9 Å². The molecule has 2 rings (SSSR count). The maximum absolute atomic E-state index is 9.05. The Morgan fingerprint density at radius 1 is 1.40 bits per heavy atom. The molecule has 15 heavy (non-hydrogen) atoms. The topological polar surface area (TPSA) is 41.6 Å². The molecule has 1 aromatic carbocycles. The average molecular weight is 262 g/mol. The second-order valence-electron chi connectivity index (χ2n) is 3.15. The Bertz CT molecular complexity index is 537. The number of aryl methyl sites for hydroxylation is 1. The predicted octanol–water partition coefficient (Wildman–Crippen LogP) is 2.81. The molecule has 0 radical (unpaired) electrons. The van der Waals surface area contributed by atoms with Crippen LogP contribution in [0.1, 0.15) is 11.3 Å². The number of hydrogen-bond donors (Lipinski definition) is 0. The lowest BCUT2D eigenvalue weighted by atomic mass is 10.2. The first-order valence-electron chi connectivity index (χ1n) is 4.43. The Morgan fingerprint density at radius 2 is 2.20 bits per heavy atom. The summed E-state index contributed by atoms with van der Waals surface area (Å²) >= 11 is 3.35. The van der Waals surface area contributed by atoms with Crippen LogP contribution in [0.5, 0.6) is 0 Å².